The van der Waals surface area contributed by atoms with Crippen molar-refractivity contribution in [1.82, 2.24) is 0 Å². The van der Waals surface area contributed by atoms with Crippen molar-refractivity contribution in [3.8, 4) is 0 Å². The van der Waals surface area contributed by atoms with E-state index in [0.29, 0.717) is 6.42 Å². The van der Waals surface area contributed by atoms with Crippen molar-refractivity contribution in [2.75, 3.05) is 0 Å². The van der Waals surface area contributed by atoms with Crippen LogP contribution in [0.15, 0.2) is 10.3 Å². The highest BCUT2D eigenvalue weighted by atomic mass is 16.7. The molecular weight excluding hydrogens is 264 g/mol. The normalized spacial score (nSPS) is 11.1. The minimum atomic E-state index is -0.520. The maximum Gasteiger partial charge on any atom is 0.331 e. The predicted molar refractivity (Wildman–Crippen MR) is 75.3 cm³/mol. The van der Waals surface area contributed by atoms with Crippen molar-refractivity contribution in [3.63, 3.8) is 0 Å². The van der Waals surface area contributed by atoms with Gasteiger partial charge in [0, 0.05) is 20.3 Å². The molecule has 7 nitrogen and oxygen atoms in total. The zero-order valence-corrected chi connectivity index (χ0v) is 12.8. The monoisotopic (exact) mass is 286 g/mol. The second kappa shape index (κ2) is 12.0. The van der Waals surface area contributed by atoms with Crippen LogP contribution in [0.25, 0.3) is 0 Å². The van der Waals surface area contributed by atoms with Crippen LogP contribution in [0.1, 0.15) is 54.4 Å². The molecule has 0 atom stereocenters. The minimum absolute atomic E-state index is 0.119. The van der Waals surface area contributed by atoms with Gasteiger partial charge < -0.3 is 9.68 Å². The summed E-state index contributed by atoms with van der Waals surface area (Å²) in [4.78, 5) is 39.8. The van der Waals surface area contributed by atoms with Crippen LogP contribution in [0.5, 0.6) is 0 Å². The Balaban J connectivity index is 0. The lowest BCUT2D eigenvalue weighted by Crippen LogP contribution is -2.09. The summed E-state index contributed by atoms with van der Waals surface area (Å²) in [7, 11) is 0. The van der Waals surface area contributed by atoms with Gasteiger partial charge in [-0.05, 0) is 20.3 Å². The molecular formula is C13H22N2O5. The summed E-state index contributed by atoms with van der Waals surface area (Å²) >= 11 is 0. The fourth-order valence-corrected chi connectivity index (χ4v) is 0.646. The molecule has 7 heteroatoms. The second-order valence-electron chi connectivity index (χ2n) is 3.80. The van der Waals surface area contributed by atoms with Crippen LogP contribution < -0.4 is 0 Å². The zero-order chi connectivity index (χ0) is 16.1. The Morgan fingerprint density at radius 1 is 0.800 bits per heavy atom. The van der Waals surface area contributed by atoms with Gasteiger partial charge >= 0.3 is 11.9 Å². The molecule has 0 fully saturated rings. The summed E-state index contributed by atoms with van der Waals surface area (Å²) in [5, 5.41) is 6.82. The number of oxime groups is 2. The molecule has 0 unspecified atom stereocenters. The topological polar surface area (TPSA) is 94.4 Å². The molecule has 0 N–H and O–H groups in total. The third kappa shape index (κ3) is 14.0. The number of carbonyl (C=O) groups excluding carboxylic acids is 3. The second-order valence-corrected chi connectivity index (χ2v) is 3.80. The molecule has 114 valence electrons. The molecule has 0 aromatic carbocycles. The largest absolute Gasteiger partial charge is 0.331 e. The first-order chi connectivity index (χ1) is 9.24. The zero-order valence-electron chi connectivity index (χ0n) is 12.8. The van der Waals surface area contributed by atoms with Crippen LogP contribution in [0, 0.1) is 0 Å². The highest BCUT2D eigenvalue weighted by molar-refractivity contribution is 6.38. The van der Waals surface area contributed by atoms with Crippen LogP contribution in [-0.2, 0) is 24.1 Å². The van der Waals surface area contributed by atoms with Crippen molar-refractivity contribution in [2.45, 2.75) is 54.4 Å². The minimum Gasteiger partial charge on any atom is -0.319 e. The first-order valence-corrected chi connectivity index (χ1v) is 6.20. The van der Waals surface area contributed by atoms with Crippen molar-refractivity contribution in [1.29, 1.82) is 0 Å². The van der Waals surface area contributed by atoms with Crippen LogP contribution in [0.2, 0.25) is 0 Å². The highest BCUT2D eigenvalue weighted by Gasteiger charge is 2.03. The van der Waals surface area contributed by atoms with Gasteiger partial charge in [-0.25, -0.2) is 9.59 Å². The van der Waals surface area contributed by atoms with E-state index in [1.165, 1.54) is 20.8 Å². The van der Waals surface area contributed by atoms with Crippen molar-refractivity contribution < 1.29 is 24.1 Å². The number of ketones is 1. The Morgan fingerprint density at radius 3 is 1.60 bits per heavy atom. The number of hydrogen-bond donors (Lipinski definition) is 0. The van der Waals surface area contributed by atoms with E-state index in [1.54, 1.807) is 6.92 Å². The number of rotatable bonds is 5. The first kappa shape index (κ1) is 20.3. The Hall–Kier alpha value is -2.05. The summed E-state index contributed by atoms with van der Waals surface area (Å²) in [5.41, 5.74) is 1.05. The van der Waals surface area contributed by atoms with E-state index in [0.717, 1.165) is 12.1 Å². The first-order valence-electron chi connectivity index (χ1n) is 6.20. The van der Waals surface area contributed by atoms with Gasteiger partial charge in [0.1, 0.15) is 5.71 Å². The molecule has 0 aliphatic rings. The lowest BCUT2D eigenvalue weighted by Gasteiger charge is -1.94. The van der Waals surface area contributed by atoms with Gasteiger partial charge in [-0.3, -0.25) is 4.79 Å². The standard InChI is InChI=1S/C7H11NO3.C6H11NO2/c1-4-7(10)5(2)8-11-6(3)9;1-4-5(2)7-9-6(3)8/h4H2,1-3H3;4H2,1-3H3. The van der Waals surface area contributed by atoms with E-state index in [2.05, 4.69) is 20.0 Å². The molecule has 0 aliphatic heterocycles. The van der Waals surface area contributed by atoms with Gasteiger partial charge in [-0.2, -0.15) is 0 Å². The van der Waals surface area contributed by atoms with Gasteiger partial charge in [0.25, 0.3) is 0 Å². The maximum atomic E-state index is 10.8. The molecule has 0 radical (unpaired) electrons. The lowest BCUT2D eigenvalue weighted by atomic mass is 10.2. The molecule has 0 aromatic rings. The Kier molecular flexibility index (Phi) is 12.2. The predicted octanol–water partition coefficient (Wildman–Crippen LogP) is 2.24. The van der Waals surface area contributed by atoms with E-state index in [-0.39, 0.29) is 17.5 Å². The van der Waals surface area contributed by atoms with Gasteiger partial charge in [-0.15, -0.1) is 0 Å². The molecule has 0 heterocycles. The van der Waals surface area contributed by atoms with E-state index >= 15 is 0 Å². The summed E-state index contributed by atoms with van der Waals surface area (Å²) in [6.45, 7) is 9.54. The number of Topliss-reactive ketones (excluding diaryl/α,β-unsaturated/α-hetero) is 1. The summed E-state index contributed by atoms with van der Waals surface area (Å²) in [6.07, 6.45) is 1.18. The summed E-state index contributed by atoms with van der Waals surface area (Å²) in [5.74, 6) is -1.01. The highest BCUT2D eigenvalue weighted by Crippen LogP contribution is 1.88. The molecule has 0 bridgehead atoms. The van der Waals surface area contributed by atoms with Crippen molar-refractivity contribution >= 4 is 29.1 Å². The lowest BCUT2D eigenvalue weighted by molar-refractivity contribution is -0.141. The van der Waals surface area contributed by atoms with Gasteiger partial charge in [0.2, 0.25) is 0 Å². The SMILES string of the molecule is CCC(=O)C(C)=NOC(C)=O.CCC(C)=NOC(C)=O. The Labute approximate surface area is 119 Å². The van der Waals surface area contributed by atoms with Crippen LogP contribution in [0.3, 0.4) is 0 Å². The van der Waals surface area contributed by atoms with Crippen LogP contribution >= 0.6 is 0 Å². The van der Waals surface area contributed by atoms with Gasteiger partial charge in [0.05, 0.1) is 5.71 Å². The molecule has 0 saturated heterocycles. The third-order valence-electron chi connectivity index (χ3n) is 1.88. The Morgan fingerprint density at radius 2 is 1.25 bits per heavy atom. The van der Waals surface area contributed by atoms with Gasteiger partial charge in [-0.1, -0.05) is 24.2 Å². The van der Waals surface area contributed by atoms with Crippen LogP contribution in [-0.4, -0.2) is 29.1 Å². The van der Waals surface area contributed by atoms with E-state index in [9.17, 15) is 14.4 Å². The quantitative estimate of drug-likeness (QED) is 0.439. The number of nitrogens with zero attached hydrogens (tertiary/aromatic N) is 2. The van der Waals surface area contributed by atoms with E-state index < -0.39 is 5.97 Å². The molecule has 0 aromatic heterocycles. The average molecular weight is 286 g/mol. The van der Waals surface area contributed by atoms with E-state index in [1.807, 2.05) is 13.8 Å². The summed E-state index contributed by atoms with van der Waals surface area (Å²) in [6, 6.07) is 0. The van der Waals surface area contributed by atoms with Gasteiger partial charge in [0.15, 0.2) is 5.78 Å². The number of carbonyl (C=O) groups is 3. The molecule has 0 rings (SSSR count). The molecule has 0 saturated carbocycles. The fraction of sp³-hybridized carbons (Fsp3) is 0.615. The van der Waals surface area contributed by atoms with Crippen LogP contribution in [0.4, 0.5) is 0 Å². The number of hydrogen-bond acceptors (Lipinski definition) is 7. The maximum absolute atomic E-state index is 10.8. The molecule has 0 amide bonds. The van der Waals surface area contributed by atoms with Crippen molar-refractivity contribution in [2.24, 2.45) is 10.3 Å². The average Bonchev–Trinajstić information content (AvgIpc) is 2.41. The Bertz CT molecular complexity index is 400. The molecule has 0 aliphatic carbocycles. The smallest absolute Gasteiger partial charge is 0.319 e. The fourth-order valence-electron chi connectivity index (χ4n) is 0.646. The van der Waals surface area contributed by atoms with E-state index in [4.69, 9.17) is 0 Å². The molecule has 0 spiro atoms. The molecule has 20 heavy (non-hydrogen) atoms. The van der Waals surface area contributed by atoms with Crippen molar-refractivity contribution in [3.05, 3.63) is 0 Å². The third-order valence-corrected chi connectivity index (χ3v) is 1.88. The summed E-state index contributed by atoms with van der Waals surface area (Å²) < 4.78 is 0.